The zero-order valence-electron chi connectivity index (χ0n) is 20.0. The van der Waals surface area contributed by atoms with Crippen molar-refractivity contribution in [1.82, 2.24) is 4.90 Å². The lowest BCUT2D eigenvalue weighted by atomic mass is 10.1. The van der Waals surface area contributed by atoms with Gasteiger partial charge in [-0.15, -0.1) is 0 Å². The molecule has 36 heavy (non-hydrogen) atoms. The highest BCUT2D eigenvalue weighted by atomic mass is 35.5. The van der Waals surface area contributed by atoms with Crippen LogP contribution in [0, 0.1) is 19.7 Å². The van der Waals surface area contributed by atoms with E-state index in [0.717, 1.165) is 25.2 Å². The van der Waals surface area contributed by atoms with E-state index in [1.807, 2.05) is 6.07 Å². The second kappa shape index (κ2) is 10.8. The second-order valence-corrected chi connectivity index (χ2v) is 10.7. The minimum atomic E-state index is -3.94. The maximum absolute atomic E-state index is 13.1. The van der Waals surface area contributed by atoms with Crippen molar-refractivity contribution in [2.24, 2.45) is 0 Å². The molecule has 0 aliphatic carbocycles. The standard InChI is InChI=1S/C26H27ClFN3O4S/c1-18-4-3-5-24(19(18)2)30-12-14-31(15-13-30)26(32)17-35-25-11-10-22(16-23(25)27)36(33,34)29-21-8-6-20(28)7-9-21/h3-11,16,29H,12-15,17H2,1-2H3. The first kappa shape index (κ1) is 25.8. The number of anilines is 2. The molecule has 0 aromatic heterocycles. The molecule has 190 valence electrons. The van der Waals surface area contributed by atoms with E-state index in [0.29, 0.717) is 13.1 Å². The third kappa shape index (κ3) is 5.91. The Labute approximate surface area is 215 Å². The first-order valence-corrected chi connectivity index (χ1v) is 13.3. The molecule has 0 radical (unpaired) electrons. The summed E-state index contributed by atoms with van der Waals surface area (Å²) in [7, 11) is -3.94. The van der Waals surface area contributed by atoms with Crippen LogP contribution in [0.3, 0.4) is 0 Å². The summed E-state index contributed by atoms with van der Waals surface area (Å²) < 4.78 is 46.3. The first-order valence-electron chi connectivity index (χ1n) is 11.4. The summed E-state index contributed by atoms with van der Waals surface area (Å²) in [4.78, 5) is 16.7. The second-order valence-electron chi connectivity index (χ2n) is 8.58. The molecule has 1 aliphatic rings. The van der Waals surface area contributed by atoms with Crippen molar-refractivity contribution in [2.45, 2.75) is 18.7 Å². The molecular weight excluding hydrogens is 505 g/mol. The molecule has 1 heterocycles. The van der Waals surface area contributed by atoms with Gasteiger partial charge in [0.2, 0.25) is 0 Å². The molecule has 0 atom stereocenters. The molecule has 10 heteroatoms. The number of halogens is 2. The van der Waals surface area contributed by atoms with E-state index in [2.05, 4.69) is 35.6 Å². The van der Waals surface area contributed by atoms with Crippen molar-refractivity contribution in [3.63, 3.8) is 0 Å². The third-order valence-electron chi connectivity index (χ3n) is 6.21. The Morgan fingerprint density at radius 2 is 1.72 bits per heavy atom. The number of ether oxygens (including phenoxy) is 1. The summed E-state index contributed by atoms with van der Waals surface area (Å²) in [5.41, 5.74) is 3.89. The highest BCUT2D eigenvalue weighted by Gasteiger charge is 2.23. The van der Waals surface area contributed by atoms with E-state index in [-0.39, 0.29) is 33.9 Å². The number of nitrogens with one attached hydrogen (secondary N) is 1. The Bertz CT molecular complexity index is 1360. The number of aryl methyl sites for hydroxylation is 1. The topological polar surface area (TPSA) is 79.0 Å². The maximum atomic E-state index is 13.1. The van der Waals surface area contributed by atoms with Gasteiger partial charge >= 0.3 is 0 Å². The fraction of sp³-hybridized carbons (Fsp3) is 0.269. The summed E-state index contributed by atoms with van der Waals surface area (Å²) in [5, 5.41) is 0.0597. The van der Waals surface area contributed by atoms with Gasteiger partial charge in [0.1, 0.15) is 11.6 Å². The van der Waals surface area contributed by atoms with Gasteiger partial charge in [0.15, 0.2) is 6.61 Å². The molecule has 1 fully saturated rings. The fourth-order valence-corrected chi connectivity index (χ4v) is 5.39. The highest BCUT2D eigenvalue weighted by Crippen LogP contribution is 2.29. The number of sulfonamides is 1. The van der Waals surface area contributed by atoms with Gasteiger partial charge in [-0.05, 0) is 73.5 Å². The summed E-state index contributed by atoms with van der Waals surface area (Å²) >= 11 is 6.24. The quantitative estimate of drug-likeness (QED) is 0.481. The minimum Gasteiger partial charge on any atom is -0.482 e. The van der Waals surface area contributed by atoms with Crippen molar-refractivity contribution in [1.29, 1.82) is 0 Å². The number of hydrogen-bond donors (Lipinski definition) is 1. The van der Waals surface area contributed by atoms with Crippen molar-refractivity contribution >= 4 is 38.9 Å². The van der Waals surface area contributed by atoms with Gasteiger partial charge in [-0.25, -0.2) is 12.8 Å². The average Bonchev–Trinajstić information content (AvgIpc) is 2.86. The van der Waals surface area contributed by atoms with Gasteiger partial charge in [-0.3, -0.25) is 9.52 Å². The molecule has 3 aromatic carbocycles. The van der Waals surface area contributed by atoms with Crippen molar-refractivity contribution in [3.8, 4) is 5.75 Å². The maximum Gasteiger partial charge on any atom is 0.261 e. The van der Waals surface area contributed by atoms with E-state index in [1.54, 1.807) is 4.90 Å². The SMILES string of the molecule is Cc1cccc(N2CCN(C(=O)COc3ccc(S(=O)(=O)Nc4ccc(F)cc4)cc3Cl)CC2)c1C. The van der Waals surface area contributed by atoms with Crippen molar-refractivity contribution in [3.05, 3.63) is 82.6 Å². The highest BCUT2D eigenvalue weighted by molar-refractivity contribution is 7.92. The molecule has 0 unspecified atom stereocenters. The molecule has 1 saturated heterocycles. The molecule has 0 bridgehead atoms. The van der Waals surface area contributed by atoms with E-state index in [1.165, 1.54) is 47.1 Å². The van der Waals surface area contributed by atoms with Crippen LogP contribution in [-0.2, 0) is 14.8 Å². The largest absolute Gasteiger partial charge is 0.482 e. The number of amides is 1. The summed E-state index contributed by atoms with van der Waals surface area (Å²) in [6, 6.07) is 15.2. The van der Waals surface area contributed by atoms with E-state index in [9.17, 15) is 17.6 Å². The molecular formula is C26H27ClFN3O4S. The molecule has 1 N–H and O–H groups in total. The van der Waals surface area contributed by atoms with E-state index >= 15 is 0 Å². The number of piperazine rings is 1. The number of carbonyl (C=O) groups is 1. The fourth-order valence-electron chi connectivity index (χ4n) is 4.00. The molecule has 3 aromatic rings. The van der Waals surface area contributed by atoms with Crippen LogP contribution in [0.15, 0.2) is 65.6 Å². The predicted molar refractivity (Wildman–Crippen MR) is 139 cm³/mol. The lowest BCUT2D eigenvalue weighted by Gasteiger charge is -2.37. The molecule has 4 rings (SSSR count). The molecule has 0 saturated carbocycles. The first-order chi connectivity index (χ1) is 17.1. The van der Waals surface area contributed by atoms with Crippen molar-refractivity contribution < 1.29 is 22.3 Å². The smallest absolute Gasteiger partial charge is 0.261 e. The minimum absolute atomic E-state index is 0.0597. The van der Waals surface area contributed by atoms with Crippen LogP contribution in [0.2, 0.25) is 5.02 Å². The Balaban J connectivity index is 1.33. The van der Waals surface area contributed by atoms with Gasteiger partial charge in [0.25, 0.3) is 15.9 Å². The molecule has 1 amide bonds. The summed E-state index contributed by atoms with van der Waals surface area (Å²) in [6.07, 6.45) is 0. The van der Waals surface area contributed by atoms with Crippen molar-refractivity contribution in [2.75, 3.05) is 42.4 Å². The van der Waals surface area contributed by atoms with E-state index < -0.39 is 15.8 Å². The Morgan fingerprint density at radius 3 is 2.39 bits per heavy atom. The van der Waals surface area contributed by atoms with Crippen LogP contribution >= 0.6 is 11.6 Å². The molecule has 7 nitrogen and oxygen atoms in total. The predicted octanol–water partition coefficient (Wildman–Crippen LogP) is 4.62. The van der Waals surface area contributed by atoms with Gasteiger partial charge in [-0.2, -0.15) is 0 Å². The van der Waals surface area contributed by atoms with Gasteiger partial charge < -0.3 is 14.5 Å². The lowest BCUT2D eigenvalue weighted by Crippen LogP contribution is -2.50. The van der Waals surface area contributed by atoms with Gasteiger partial charge in [-0.1, -0.05) is 23.7 Å². The Hall–Kier alpha value is -3.30. The zero-order valence-corrected chi connectivity index (χ0v) is 21.6. The number of rotatable bonds is 7. The lowest BCUT2D eigenvalue weighted by molar-refractivity contribution is -0.133. The number of benzene rings is 3. The average molecular weight is 532 g/mol. The van der Waals surface area contributed by atoms with Crippen LogP contribution in [-0.4, -0.2) is 52.0 Å². The monoisotopic (exact) mass is 531 g/mol. The van der Waals surface area contributed by atoms with Crippen LogP contribution in [0.5, 0.6) is 5.75 Å². The Morgan fingerprint density at radius 1 is 1.03 bits per heavy atom. The van der Waals surface area contributed by atoms with Crippen LogP contribution in [0.1, 0.15) is 11.1 Å². The zero-order chi connectivity index (χ0) is 25.9. The summed E-state index contributed by atoms with van der Waals surface area (Å²) in [6.45, 7) is 6.60. The Kier molecular flexibility index (Phi) is 7.70. The van der Waals surface area contributed by atoms with Crippen LogP contribution in [0.4, 0.5) is 15.8 Å². The molecule has 1 aliphatic heterocycles. The summed E-state index contributed by atoms with van der Waals surface area (Å²) in [5.74, 6) is -0.429. The van der Waals surface area contributed by atoms with E-state index in [4.69, 9.17) is 16.3 Å². The third-order valence-corrected chi connectivity index (χ3v) is 7.88. The number of carbonyl (C=O) groups excluding carboxylic acids is 1. The number of nitrogens with zero attached hydrogens (tertiary/aromatic N) is 2. The van der Waals surface area contributed by atoms with Gasteiger partial charge in [0, 0.05) is 37.6 Å². The van der Waals surface area contributed by atoms with Crippen LogP contribution in [0.25, 0.3) is 0 Å². The van der Waals surface area contributed by atoms with Crippen LogP contribution < -0.4 is 14.4 Å². The number of hydrogen-bond acceptors (Lipinski definition) is 5. The normalized spacial score (nSPS) is 14.0. The molecule has 0 spiro atoms. The van der Waals surface area contributed by atoms with Gasteiger partial charge in [0.05, 0.1) is 9.92 Å².